The van der Waals surface area contributed by atoms with Crippen LogP contribution >= 0.6 is 0 Å². The number of rotatable bonds is 5. The summed E-state index contributed by atoms with van der Waals surface area (Å²) in [5, 5.41) is 9.18. The van der Waals surface area contributed by atoms with E-state index >= 15 is 0 Å². The van der Waals surface area contributed by atoms with E-state index in [0.29, 0.717) is 11.1 Å². The monoisotopic (exact) mass is 296 g/mol. The topological polar surface area (TPSA) is 71.4 Å². The van der Waals surface area contributed by atoms with Gasteiger partial charge in [-0.3, -0.25) is 0 Å². The van der Waals surface area contributed by atoms with Gasteiger partial charge in [-0.1, -0.05) is 19.9 Å². The van der Waals surface area contributed by atoms with Crippen LogP contribution in [-0.4, -0.2) is 25.2 Å². The van der Waals surface area contributed by atoms with Crippen molar-refractivity contribution in [3.8, 4) is 0 Å². The molecule has 1 aromatic rings. The molecule has 110 valence electrons. The first-order valence-corrected chi connectivity index (χ1v) is 8.48. The molecule has 2 rings (SSSR count). The molecule has 4 nitrogen and oxygen atoms in total. The van der Waals surface area contributed by atoms with Crippen LogP contribution in [0.5, 0.6) is 0 Å². The molecule has 0 atom stereocenters. The van der Waals surface area contributed by atoms with Gasteiger partial charge >= 0.3 is 5.97 Å². The minimum Gasteiger partial charge on any atom is -0.478 e. The molecule has 1 aliphatic carbocycles. The lowest BCUT2D eigenvalue weighted by atomic mass is 9.98. The van der Waals surface area contributed by atoms with Gasteiger partial charge in [0.15, 0.2) is 9.84 Å². The van der Waals surface area contributed by atoms with Crippen molar-refractivity contribution >= 4 is 15.8 Å². The zero-order valence-corrected chi connectivity index (χ0v) is 12.8. The molecule has 20 heavy (non-hydrogen) atoms. The number of carbonyl (C=O) groups is 1. The Kier molecular flexibility index (Phi) is 3.91. The first-order valence-electron chi connectivity index (χ1n) is 6.83. The summed E-state index contributed by atoms with van der Waals surface area (Å²) in [6.45, 7) is 5.44. The highest BCUT2D eigenvalue weighted by Crippen LogP contribution is 2.36. The summed E-state index contributed by atoms with van der Waals surface area (Å²) in [6.07, 6.45) is 1.90. The van der Waals surface area contributed by atoms with Gasteiger partial charge in [0.25, 0.3) is 0 Å². The third-order valence-corrected chi connectivity index (χ3v) is 5.83. The van der Waals surface area contributed by atoms with Crippen molar-refractivity contribution in [1.29, 1.82) is 0 Å². The lowest BCUT2D eigenvalue weighted by Gasteiger charge is -2.17. The van der Waals surface area contributed by atoms with Crippen LogP contribution in [0.25, 0.3) is 0 Å². The lowest BCUT2D eigenvalue weighted by molar-refractivity contribution is 0.0695. The molecular formula is C15H20O4S. The summed E-state index contributed by atoms with van der Waals surface area (Å²) in [6, 6.07) is 3.14. The molecule has 1 aliphatic rings. The van der Waals surface area contributed by atoms with Crippen LogP contribution in [0.1, 0.15) is 54.1 Å². The van der Waals surface area contributed by atoms with Crippen LogP contribution in [0.2, 0.25) is 0 Å². The molecule has 0 aromatic heterocycles. The van der Waals surface area contributed by atoms with Crippen LogP contribution < -0.4 is 0 Å². The Hall–Kier alpha value is -1.36. The minimum atomic E-state index is -3.42. The molecule has 0 saturated heterocycles. The minimum absolute atomic E-state index is 0.0422. The van der Waals surface area contributed by atoms with Gasteiger partial charge in [0, 0.05) is 0 Å². The van der Waals surface area contributed by atoms with Crippen LogP contribution in [0.4, 0.5) is 0 Å². The van der Waals surface area contributed by atoms with Gasteiger partial charge in [-0.2, -0.15) is 0 Å². The normalized spacial score (nSPS) is 15.6. The number of aromatic carboxylic acids is 1. The van der Waals surface area contributed by atoms with Gasteiger partial charge in [0.1, 0.15) is 0 Å². The molecular weight excluding hydrogens is 276 g/mol. The van der Waals surface area contributed by atoms with Crippen molar-refractivity contribution in [3.63, 3.8) is 0 Å². The molecule has 0 aliphatic heterocycles. The maximum Gasteiger partial charge on any atom is 0.335 e. The van der Waals surface area contributed by atoms with Gasteiger partial charge < -0.3 is 5.11 Å². The van der Waals surface area contributed by atoms with Crippen LogP contribution in [0, 0.1) is 12.8 Å². The molecule has 1 aromatic carbocycles. The highest BCUT2D eigenvalue weighted by Gasteiger charge is 2.32. The van der Waals surface area contributed by atoms with E-state index in [9.17, 15) is 18.3 Å². The van der Waals surface area contributed by atoms with E-state index in [0.717, 1.165) is 12.8 Å². The molecule has 1 saturated carbocycles. The first-order chi connectivity index (χ1) is 9.24. The van der Waals surface area contributed by atoms with E-state index in [2.05, 4.69) is 0 Å². The summed E-state index contributed by atoms with van der Waals surface area (Å²) in [5.41, 5.74) is 1.15. The zero-order chi connectivity index (χ0) is 15.1. The number of hydrogen-bond acceptors (Lipinski definition) is 3. The average molecular weight is 296 g/mol. The van der Waals surface area contributed by atoms with Crippen molar-refractivity contribution in [2.24, 2.45) is 5.92 Å². The quantitative estimate of drug-likeness (QED) is 0.906. The predicted molar refractivity (Wildman–Crippen MR) is 77.0 cm³/mol. The van der Waals surface area contributed by atoms with E-state index in [-0.39, 0.29) is 28.0 Å². The summed E-state index contributed by atoms with van der Waals surface area (Å²) >= 11 is 0. The number of benzene rings is 1. The van der Waals surface area contributed by atoms with Crippen LogP contribution in [0.15, 0.2) is 17.0 Å². The second-order valence-electron chi connectivity index (χ2n) is 5.84. The lowest BCUT2D eigenvalue weighted by Crippen LogP contribution is -2.16. The smallest absolute Gasteiger partial charge is 0.335 e. The third-order valence-electron chi connectivity index (χ3n) is 3.75. The summed E-state index contributed by atoms with van der Waals surface area (Å²) < 4.78 is 25.2. The molecule has 1 fully saturated rings. The fraction of sp³-hybridized carbons (Fsp3) is 0.533. The van der Waals surface area contributed by atoms with Gasteiger partial charge in [0.2, 0.25) is 0 Å². The fourth-order valence-electron chi connectivity index (χ4n) is 2.49. The second-order valence-corrected chi connectivity index (χ2v) is 7.81. The number of hydrogen-bond donors (Lipinski definition) is 1. The fourth-order valence-corrected chi connectivity index (χ4v) is 4.85. The highest BCUT2D eigenvalue weighted by molar-refractivity contribution is 7.91. The Morgan fingerprint density at radius 1 is 1.35 bits per heavy atom. The van der Waals surface area contributed by atoms with Crippen molar-refractivity contribution < 1.29 is 18.3 Å². The van der Waals surface area contributed by atoms with Crippen molar-refractivity contribution in [1.82, 2.24) is 0 Å². The van der Waals surface area contributed by atoms with Gasteiger partial charge in [-0.25, -0.2) is 13.2 Å². The number of carboxylic acids is 1. The molecule has 0 radical (unpaired) electrons. The maximum atomic E-state index is 12.6. The zero-order valence-electron chi connectivity index (χ0n) is 12.0. The molecule has 0 unspecified atom stereocenters. The van der Waals surface area contributed by atoms with Gasteiger partial charge in [0.05, 0.1) is 16.2 Å². The van der Waals surface area contributed by atoms with E-state index in [1.165, 1.54) is 6.07 Å². The molecule has 5 heteroatoms. The van der Waals surface area contributed by atoms with Gasteiger partial charge in [-0.15, -0.1) is 0 Å². The summed E-state index contributed by atoms with van der Waals surface area (Å²) in [4.78, 5) is 11.5. The number of carboxylic acid groups (broad SMARTS) is 1. The Morgan fingerprint density at radius 3 is 2.40 bits per heavy atom. The van der Waals surface area contributed by atoms with Crippen molar-refractivity contribution in [3.05, 3.63) is 28.8 Å². The average Bonchev–Trinajstić information content (AvgIpc) is 3.10. The maximum absolute atomic E-state index is 12.6. The third kappa shape index (κ3) is 2.87. The summed E-state index contributed by atoms with van der Waals surface area (Å²) in [7, 11) is -3.42. The Bertz CT molecular complexity index is 640. The standard InChI is InChI=1S/C15H20O4S/c1-9(2)12-6-7-13(15(16)17)10(3)14(12)20(18,19)8-11-4-5-11/h6-7,9,11H,4-5,8H2,1-3H3,(H,16,17). The second kappa shape index (κ2) is 5.20. The largest absolute Gasteiger partial charge is 0.478 e. The molecule has 0 bridgehead atoms. The van der Waals surface area contributed by atoms with E-state index in [1.807, 2.05) is 13.8 Å². The Morgan fingerprint density at radius 2 is 1.95 bits per heavy atom. The van der Waals surface area contributed by atoms with Crippen LogP contribution in [-0.2, 0) is 9.84 Å². The molecule has 0 spiro atoms. The van der Waals surface area contributed by atoms with Gasteiger partial charge in [-0.05, 0) is 48.8 Å². The van der Waals surface area contributed by atoms with E-state index < -0.39 is 15.8 Å². The first kappa shape index (κ1) is 15.0. The molecule has 1 N–H and O–H groups in total. The Labute approximate surface area is 119 Å². The Balaban J connectivity index is 2.63. The number of sulfone groups is 1. The van der Waals surface area contributed by atoms with Crippen LogP contribution in [0.3, 0.4) is 0 Å². The van der Waals surface area contributed by atoms with Crippen molar-refractivity contribution in [2.75, 3.05) is 5.75 Å². The predicted octanol–water partition coefficient (Wildman–Crippen LogP) is 3.00. The van der Waals surface area contributed by atoms with E-state index in [1.54, 1.807) is 13.0 Å². The van der Waals surface area contributed by atoms with E-state index in [4.69, 9.17) is 0 Å². The highest BCUT2D eigenvalue weighted by atomic mass is 32.2. The molecule has 0 amide bonds. The van der Waals surface area contributed by atoms with Crippen molar-refractivity contribution in [2.45, 2.75) is 44.4 Å². The molecule has 0 heterocycles. The summed E-state index contributed by atoms with van der Waals surface area (Å²) in [5.74, 6) is -0.662. The SMILES string of the molecule is Cc1c(C(=O)O)ccc(C(C)C)c1S(=O)(=O)CC1CC1.